The number of nitrogens with zero attached hydrogens (tertiary/aromatic N) is 2. The molecule has 1 aliphatic rings. The van der Waals surface area contributed by atoms with E-state index in [1.54, 1.807) is 19.2 Å². The fraction of sp³-hybridized carbons (Fsp3) is 0.600. The van der Waals surface area contributed by atoms with E-state index in [0.29, 0.717) is 0 Å². The molecular formula is C10H11F3N2O. The first-order valence-corrected chi connectivity index (χ1v) is 4.88. The molecule has 1 aromatic rings. The number of carbonyl (C=O) groups excluding carboxylic acids is 1. The van der Waals surface area contributed by atoms with Crippen LogP contribution in [0.2, 0.25) is 0 Å². The van der Waals surface area contributed by atoms with Crippen LogP contribution in [0.15, 0.2) is 12.3 Å². The van der Waals surface area contributed by atoms with Gasteiger partial charge in [0.15, 0.2) is 0 Å². The molecule has 1 aliphatic carbocycles. The van der Waals surface area contributed by atoms with Crippen molar-refractivity contribution in [3.63, 3.8) is 0 Å². The van der Waals surface area contributed by atoms with Crippen LogP contribution in [0.4, 0.5) is 13.2 Å². The first-order valence-electron chi connectivity index (χ1n) is 4.88. The van der Waals surface area contributed by atoms with Gasteiger partial charge in [-0.3, -0.25) is 9.48 Å². The summed E-state index contributed by atoms with van der Waals surface area (Å²) < 4.78 is 38.3. The van der Waals surface area contributed by atoms with Gasteiger partial charge < -0.3 is 0 Å². The van der Waals surface area contributed by atoms with Gasteiger partial charge in [-0.2, -0.15) is 18.3 Å². The van der Waals surface area contributed by atoms with E-state index < -0.39 is 23.4 Å². The van der Waals surface area contributed by atoms with Gasteiger partial charge in [0.1, 0.15) is 0 Å². The van der Waals surface area contributed by atoms with Gasteiger partial charge in [-0.25, -0.2) is 0 Å². The third-order valence-electron chi connectivity index (χ3n) is 3.03. The summed E-state index contributed by atoms with van der Waals surface area (Å²) in [7, 11) is 0. The highest BCUT2D eigenvalue weighted by Gasteiger charge is 2.64. The number of halogens is 3. The van der Waals surface area contributed by atoms with Crippen LogP contribution in [0, 0.1) is 12.3 Å². The minimum absolute atomic E-state index is 0.201. The zero-order chi connectivity index (χ0) is 12.1. The Morgan fingerprint density at radius 3 is 2.69 bits per heavy atom. The molecule has 3 nitrogen and oxygen atoms in total. The summed E-state index contributed by atoms with van der Waals surface area (Å²) in [6.45, 7) is 3.09. The number of aromatic nitrogens is 2. The van der Waals surface area contributed by atoms with Crippen molar-refractivity contribution in [1.29, 1.82) is 0 Å². The van der Waals surface area contributed by atoms with E-state index in [1.165, 1.54) is 11.6 Å². The second-order valence-corrected chi connectivity index (χ2v) is 4.40. The fourth-order valence-electron chi connectivity index (χ4n) is 1.90. The molecule has 2 rings (SSSR count). The molecule has 6 heteroatoms. The Morgan fingerprint density at radius 1 is 1.62 bits per heavy atom. The molecule has 0 radical (unpaired) electrons. The quantitative estimate of drug-likeness (QED) is 0.784. The normalized spacial score (nSPS) is 29.2. The Hall–Kier alpha value is -1.33. The second-order valence-electron chi connectivity index (χ2n) is 4.40. The minimum Gasteiger partial charge on any atom is -0.289 e. The molecule has 88 valence electrons. The molecule has 0 aliphatic heterocycles. The van der Waals surface area contributed by atoms with Crippen molar-refractivity contribution >= 4 is 5.78 Å². The van der Waals surface area contributed by atoms with Crippen LogP contribution in [-0.2, 0) is 4.79 Å². The third kappa shape index (κ3) is 1.62. The minimum atomic E-state index is -4.76. The zero-order valence-corrected chi connectivity index (χ0v) is 8.88. The summed E-state index contributed by atoms with van der Waals surface area (Å²) in [5, 5.41) is 4.03. The Bertz CT molecular complexity index is 438. The van der Waals surface area contributed by atoms with Crippen molar-refractivity contribution in [2.24, 2.45) is 5.41 Å². The number of ketones is 1. The average Bonchev–Trinajstić information content (AvgIpc) is 2.65. The number of hydrogen-bond donors (Lipinski definition) is 0. The average molecular weight is 232 g/mol. The van der Waals surface area contributed by atoms with Crippen LogP contribution in [0.5, 0.6) is 0 Å². The SMILES string of the molecule is Cc1ccn(C2CC2(C)C(=O)C(F)(F)F)n1. The summed E-state index contributed by atoms with van der Waals surface area (Å²) in [4.78, 5) is 11.2. The van der Waals surface area contributed by atoms with Gasteiger partial charge in [0, 0.05) is 6.20 Å². The van der Waals surface area contributed by atoms with Crippen molar-refractivity contribution < 1.29 is 18.0 Å². The standard InChI is InChI=1S/C10H11F3N2O/c1-6-3-4-15(14-6)7-5-9(7,2)8(16)10(11,12)13/h3-4,7H,5H2,1-2H3. The molecule has 0 saturated heterocycles. The lowest BCUT2D eigenvalue weighted by Crippen LogP contribution is -2.31. The molecule has 0 N–H and O–H groups in total. The van der Waals surface area contributed by atoms with Crippen molar-refractivity contribution in [2.45, 2.75) is 32.5 Å². The third-order valence-corrected chi connectivity index (χ3v) is 3.03. The Kier molecular flexibility index (Phi) is 2.15. The number of carbonyl (C=O) groups is 1. The maximum Gasteiger partial charge on any atom is 0.450 e. The number of rotatable bonds is 2. The number of aryl methyl sites for hydroxylation is 1. The Labute approximate surface area is 90.2 Å². The van der Waals surface area contributed by atoms with Crippen LogP contribution in [0.25, 0.3) is 0 Å². The second kappa shape index (κ2) is 3.09. The van der Waals surface area contributed by atoms with E-state index in [2.05, 4.69) is 5.10 Å². The number of Topliss-reactive ketones (excluding diaryl/α,β-unsaturated/α-hetero) is 1. The maximum absolute atomic E-state index is 12.3. The lowest BCUT2D eigenvalue weighted by atomic mass is 10.0. The van der Waals surface area contributed by atoms with E-state index in [9.17, 15) is 18.0 Å². The largest absolute Gasteiger partial charge is 0.450 e. The molecule has 1 aromatic heterocycles. The molecule has 1 saturated carbocycles. The van der Waals surface area contributed by atoms with Crippen molar-refractivity contribution in [2.75, 3.05) is 0 Å². The molecule has 0 aromatic carbocycles. The smallest absolute Gasteiger partial charge is 0.289 e. The molecule has 1 heterocycles. The monoisotopic (exact) mass is 232 g/mol. The van der Waals surface area contributed by atoms with Gasteiger partial charge in [-0.15, -0.1) is 0 Å². The van der Waals surface area contributed by atoms with Crippen LogP contribution >= 0.6 is 0 Å². The van der Waals surface area contributed by atoms with E-state index in [0.717, 1.165) is 5.69 Å². The highest BCUT2D eigenvalue weighted by atomic mass is 19.4. The molecule has 1 fully saturated rings. The van der Waals surface area contributed by atoms with E-state index >= 15 is 0 Å². The van der Waals surface area contributed by atoms with Crippen molar-refractivity contribution in [1.82, 2.24) is 9.78 Å². The molecule has 0 amide bonds. The van der Waals surface area contributed by atoms with Crippen LogP contribution in [0.1, 0.15) is 25.1 Å². The lowest BCUT2D eigenvalue weighted by Gasteiger charge is -2.12. The van der Waals surface area contributed by atoms with Crippen molar-refractivity contribution in [3.8, 4) is 0 Å². The zero-order valence-electron chi connectivity index (χ0n) is 8.88. The molecule has 0 bridgehead atoms. The van der Waals surface area contributed by atoms with E-state index in [4.69, 9.17) is 0 Å². The predicted molar refractivity (Wildman–Crippen MR) is 49.8 cm³/mol. The van der Waals surface area contributed by atoms with Crippen molar-refractivity contribution in [3.05, 3.63) is 18.0 Å². The molecular weight excluding hydrogens is 221 g/mol. The van der Waals surface area contributed by atoms with Gasteiger partial charge in [-0.05, 0) is 19.4 Å². The molecule has 16 heavy (non-hydrogen) atoms. The fourth-order valence-corrected chi connectivity index (χ4v) is 1.90. The number of hydrogen-bond acceptors (Lipinski definition) is 2. The summed E-state index contributed by atoms with van der Waals surface area (Å²) in [6.07, 6.45) is -2.95. The summed E-state index contributed by atoms with van der Waals surface area (Å²) in [6, 6.07) is 1.24. The molecule has 2 atom stereocenters. The van der Waals surface area contributed by atoms with Gasteiger partial charge in [0.05, 0.1) is 17.2 Å². The van der Waals surface area contributed by atoms with Crippen LogP contribution in [-0.4, -0.2) is 21.7 Å². The number of alkyl halides is 3. The summed E-state index contributed by atoms with van der Waals surface area (Å²) in [5.74, 6) is -1.65. The van der Waals surface area contributed by atoms with Gasteiger partial charge in [-0.1, -0.05) is 6.92 Å². The Balaban J connectivity index is 2.18. The van der Waals surface area contributed by atoms with Gasteiger partial charge >= 0.3 is 6.18 Å². The predicted octanol–water partition coefficient (Wildman–Crippen LogP) is 2.27. The highest BCUT2D eigenvalue weighted by Crippen LogP contribution is 2.58. The topological polar surface area (TPSA) is 34.9 Å². The van der Waals surface area contributed by atoms with Gasteiger partial charge in [0.25, 0.3) is 0 Å². The molecule has 0 spiro atoms. The summed E-state index contributed by atoms with van der Waals surface area (Å²) >= 11 is 0. The summed E-state index contributed by atoms with van der Waals surface area (Å²) in [5.41, 5.74) is -0.606. The highest BCUT2D eigenvalue weighted by molar-refractivity contribution is 5.92. The first-order chi connectivity index (χ1) is 7.25. The Morgan fingerprint density at radius 2 is 2.25 bits per heavy atom. The lowest BCUT2D eigenvalue weighted by molar-refractivity contribution is -0.177. The van der Waals surface area contributed by atoms with Gasteiger partial charge in [0.2, 0.25) is 5.78 Å². The van der Waals surface area contributed by atoms with Crippen LogP contribution in [0.3, 0.4) is 0 Å². The maximum atomic E-state index is 12.3. The van der Waals surface area contributed by atoms with E-state index in [-0.39, 0.29) is 6.42 Å². The van der Waals surface area contributed by atoms with Crippen LogP contribution < -0.4 is 0 Å². The van der Waals surface area contributed by atoms with E-state index in [1.807, 2.05) is 0 Å². The molecule has 2 unspecified atom stereocenters. The first kappa shape index (κ1) is 11.2.